The molecule has 0 radical (unpaired) electrons. The Morgan fingerprint density at radius 3 is 2.80 bits per heavy atom. The molecular formula is C12H15N3. The van der Waals surface area contributed by atoms with Crippen LogP contribution in [0.2, 0.25) is 0 Å². The zero-order valence-electron chi connectivity index (χ0n) is 9.36. The summed E-state index contributed by atoms with van der Waals surface area (Å²) in [7, 11) is 3.95. The third-order valence-corrected chi connectivity index (χ3v) is 1.99. The number of hydrogen-bond acceptors (Lipinski definition) is 3. The molecule has 1 aromatic heterocycles. The first-order valence-electron chi connectivity index (χ1n) is 4.92. The van der Waals surface area contributed by atoms with Crippen LogP contribution >= 0.6 is 0 Å². The van der Waals surface area contributed by atoms with E-state index >= 15 is 0 Å². The molecule has 0 spiro atoms. The summed E-state index contributed by atoms with van der Waals surface area (Å²) < 4.78 is 0. The quantitative estimate of drug-likeness (QED) is 0.753. The predicted molar refractivity (Wildman–Crippen MR) is 60.9 cm³/mol. The number of aromatic nitrogens is 1. The Balaban J connectivity index is 3.08. The average molecular weight is 201 g/mol. The Morgan fingerprint density at radius 2 is 2.27 bits per heavy atom. The lowest BCUT2D eigenvalue weighted by molar-refractivity contribution is 0.564. The fraction of sp³-hybridized carbons (Fsp3) is 0.333. The Morgan fingerprint density at radius 1 is 1.53 bits per heavy atom. The molecular weight excluding hydrogens is 186 g/mol. The Hall–Kier alpha value is -1.82. The van der Waals surface area contributed by atoms with Gasteiger partial charge in [-0.25, -0.2) is 4.98 Å². The van der Waals surface area contributed by atoms with Crippen molar-refractivity contribution in [2.24, 2.45) is 0 Å². The van der Waals surface area contributed by atoms with Gasteiger partial charge in [0.25, 0.3) is 0 Å². The maximum absolute atomic E-state index is 8.76. The van der Waals surface area contributed by atoms with Crippen LogP contribution in [0.25, 0.3) is 5.57 Å². The van der Waals surface area contributed by atoms with Gasteiger partial charge in [0, 0.05) is 20.3 Å². The van der Waals surface area contributed by atoms with E-state index in [9.17, 15) is 0 Å². The summed E-state index contributed by atoms with van der Waals surface area (Å²) in [5, 5.41) is 8.76. The highest BCUT2D eigenvalue weighted by Crippen LogP contribution is 2.16. The molecule has 0 aliphatic rings. The average Bonchev–Trinajstić information content (AvgIpc) is 2.25. The molecule has 0 N–H and O–H groups in total. The van der Waals surface area contributed by atoms with E-state index < -0.39 is 0 Å². The molecule has 1 heterocycles. The lowest BCUT2D eigenvalue weighted by Gasteiger charge is -2.10. The summed E-state index contributed by atoms with van der Waals surface area (Å²) in [4.78, 5) is 6.25. The smallest absolute Gasteiger partial charge is 0.141 e. The van der Waals surface area contributed by atoms with Gasteiger partial charge in [0.2, 0.25) is 0 Å². The molecule has 78 valence electrons. The second-order valence-electron chi connectivity index (χ2n) is 3.49. The van der Waals surface area contributed by atoms with Gasteiger partial charge in [0.1, 0.15) is 11.8 Å². The van der Waals surface area contributed by atoms with Crippen molar-refractivity contribution in [1.29, 1.82) is 5.26 Å². The van der Waals surface area contributed by atoms with Gasteiger partial charge in [0.15, 0.2) is 0 Å². The van der Waals surface area contributed by atoms with E-state index in [1.165, 1.54) is 0 Å². The van der Waals surface area contributed by atoms with Crippen molar-refractivity contribution in [1.82, 2.24) is 9.88 Å². The number of nitrogens with zero attached hydrogens (tertiary/aromatic N) is 3. The van der Waals surface area contributed by atoms with Gasteiger partial charge in [-0.05, 0) is 24.1 Å². The summed E-state index contributed by atoms with van der Waals surface area (Å²) in [5.41, 5.74) is 2.48. The highest BCUT2D eigenvalue weighted by Gasteiger charge is 2.02. The van der Waals surface area contributed by atoms with Crippen LogP contribution in [0.4, 0.5) is 0 Å². The first kappa shape index (κ1) is 11.3. The maximum Gasteiger partial charge on any atom is 0.141 e. The number of pyridine rings is 1. The lowest BCUT2D eigenvalue weighted by atomic mass is 10.1. The zero-order valence-corrected chi connectivity index (χ0v) is 9.36. The van der Waals surface area contributed by atoms with Crippen molar-refractivity contribution < 1.29 is 0 Å². The predicted octanol–water partition coefficient (Wildman–Crippen LogP) is 2.27. The highest BCUT2D eigenvalue weighted by atomic mass is 15.0. The van der Waals surface area contributed by atoms with Crippen LogP contribution in [-0.4, -0.2) is 24.0 Å². The maximum atomic E-state index is 8.76. The molecule has 0 atom stereocenters. The van der Waals surface area contributed by atoms with Crippen molar-refractivity contribution in [3.63, 3.8) is 0 Å². The van der Waals surface area contributed by atoms with Crippen LogP contribution in [0.15, 0.2) is 24.4 Å². The second kappa shape index (κ2) is 5.16. The molecule has 1 rings (SSSR count). The van der Waals surface area contributed by atoms with Crippen molar-refractivity contribution in [3.8, 4) is 6.07 Å². The minimum absolute atomic E-state index is 0.464. The molecule has 0 aliphatic heterocycles. The van der Waals surface area contributed by atoms with E-state index in [0.29, 0.717) is 5.69 Å². The van der Waals surface area contributed by atoms with Crippen LogP contribution in [0.1, 0.15) is 24.7 Å². The second-order valence-corrected chi connectivity index (χ2v) is 3.49. The van der Waals surface area contributed by atoms with E-state index in [-0.39, 0.29) is 0 Å². The Bertz CT molecular complexity index is 400. The Kier molecular flexibility index (Phi) is 3.87. The van der Waals surface area contributed by atoms with Gasteiger partial charge in [0.05, 0.1) is 5.69 Å². The van der Waals surface area contributed by atoms with Crippen molar-refractivity contribution >= 4 is 5.57 Å². The van der Waals surface area contributed by atoms with E-state index in [2.05, 4.69) is 11.9 Å². The van der Waals surface area contributed by atoms with Crippen molar-refractivity contribution in [2.45, 2.75) is 13.3 Å². The van der Waals surface area contributed by atoms with Gasteiger partial charge in [-0.15, -0.1) is 0 Å². The van der Waals surface area contributed by atoms with Crippen molar-refractivity contribution in [2.75, 3.05) is 14.1 Å². The van der Waals surface area contributed by atoms with Gasteiger partial charge in [-0.2, -0.15) is 5.26 Å². The molecule has 3 heteroatoms. The molecule has 0 bridgehead atoms. The minimum Gasteiger partial charge on any atom is -0.383 e. The van der Waals surface area contributed by atoms with Crippen LogP contribution in [0, 0.1) is 11.3 Å². The number of hydrogen-bond donors (Lipinski definition) is 0. The van der Waals surface area contributed by atoms with E-state index in [0.717, 1.165) is 17.7 Å². The number of rotatable bonds is 3. The molecule has 3 nitrogen and oxygen atoms in total. The van der Waals surface area contributed by atoms with E-state index in [1.54, 1.807) is 6.07 Å². The third-order valence-electron chi connectivity index (χ3n) is 1.99. The zero-order chi connectivity index (χ0) is 11.3. The lowest BCUT2D eigenvalue weighted by Crippen LogP contribution is -2.03. The number of nitriles is 1. The summed E-state index contributed by atoms with van der Waals surface area (Å²) in [6.45, 7) is 2.08. The molecule has 0 amide bonds. The van der Waals surface area contributed by atoms with Gasteiger partial charge >= 0.3 is 0 Å². The summed E-state index contributed by atoms with van der Waals surface area (Å²) in [6, 6.07) is 7.55. The molecule has 1 aromatic rings. The van der Waals surface area contributed by atoms with Crippen LogP contribution in [0.5, 0.6) is 0 Å². The molecule has 0 aliphatic carbocycles. The fourth-order valence-electron chi connectivity index (χ4n) is 1.33. The first-order valence-corrected chi connectivity index (χ1v) is 4.92. The fourth-order valence-corrected chi connectivity index (χ4v) is 1.33. The standard InChI is InChI=1S/C12H15N3/c1-4-10(9-15(2)3)12-7-5-6-11(8-13)14-12/h5-7,9H,4H2,1-3H3/b10-9+. The third kappa shape index (κ3) is 3.10. The minimum atomic E-state index is 0.464. The van der Waals surface area contributed by atoms with Crippen LogP contribution in [-0.2, 0) is 0 Å². The Labute approximate surface area is 90.7 Å². The molecule has 0 aromatic carbocycles. The van der Waals surface area contributed by atoms with E-state index in [1.807, 2.05) is 43.4 Å². The van der Waals surface area contributed by atoms with Crippen LogP contribution in [0.3, 0.4) is 0 Å². The van der Waals surface area contributed by atoms with Crippen molar-refractivity contribution in [3.05, 3.63) is 35.8 Å². The molecule has 0 saturated carbocycles. The van der Waals surface area contributed by atoms with Crippen LogP contribution < -0.4 is 0 Å². The summed E-state index contributed by atoms with van der Waals surface area (Å²) >= 11 is 0. The monoisotopic (exact) mass is 201 g/mol. The highest BCUT2D eigenvalue weighted by molar-refractivity contribution is 5.62. The molecule has 0 fully saturated rings. The van der Waals surface area contributed by atoms with Gasteiger partial charge < -0.3 is 4.90 Å². The van der Waals surface area contributed by atoms with Gasteiger partial charge in [-0.3, -0.25) is 0 Å². The van der Waals surface area contributed by atoms with Gasteiger partial charge in [-0.1, -0.05) is 13.0 Å². The summed E-state index contributed by atoms with van der Waals surface area (Å²) in [5.74, 6) is 0. The largest absolute Gasteiger partial charge is 0.383 e. The molecule has 15 heavy (non-hydrogen) atoms. The topological polar surface area (TPSA) is 39.9 Å². The number of allylic oxidation sites excluding steroid dienone is 1. The first-order chi connectivity index (χ1) is 7.17. The molecule has 0 saturated heterocycles. The summed E-state index contributed by atoms with van der Waals surface area (Å²) in [6.07, 6.45) is 2.93. The molecule has 0 unspecified atom stereocenters. The SMILES string of the molecule is CC/C(=C\N(C)C)c1cccc(C#N)n1. The van der Waals surface area contributed by atoms with E-state index in [4.69, 9.17) is 5.26 Å². The normalized spacial score (nSPS) is 10.9.